The van der Waals surface area contributed by atoms with Gasteiger partial charge in [-0.3, -0.25) is 4.79 Å². The van der Waals surface area contributed by atoms with E-state index in [4.69, 9.17) is 4.74 Å². The molecular formula is C14H19NO4. The number of hydrogen-bond acceptors (Lipinski definition) is 4. The van der Waals surface area contributed by atoms with Gasteiger partial charge in [-0.1, -0.05) is 18.2 Å². The van der Waals surface area contributed by atoms with E-state index in [9.17, 15) is 15.0 Å². The van der Waals surface area contributed by atoms with Gasteiger partial charge in [-0.15, -0.1) is 0 Å². The van der Waals surface area contributed by atoms with E-state index in [2.05, 4.69) is 5.32 Å². The maximum Gasteiger partial charge on any atom is 0.327 e. The van der Waals surface area contributed by atoms with Crippen molar-refractivity contribution in [3.05, 3.63) is 29.8 Å². The normalized spacial score (nSPS) is 17.8. The summed E-state index contributed by atoms with van der Waals surface area (Å²) in [4.78, 5) is 11.5. The SMILES string of the molecule is CNC(COc1ccccc1CO)(C(=O)O)C1CC1. The lowest BCUT2D eigenvalue weighted by molar-refractivity contribution is -0.147. The molecule has 1 saturated carbocycles. The van der Waals surface area contributed by atoms with Crippen LogP contribution in [0, 0.1) is 5.92 Å². The quantitative estimate of drug-likeness (QED) is 0.685. The van der Waals surface area contributed by atoms with Crippen molar-refractivity contribution >= 4 is 5.97 Å². The first kappa shape index (κ1) is 13.8. The lowest BCUT2D eigenvalue weighted by Crippen LogP contribution is -2.56. The summed E-state index contributed by atoms with van der Waals surface area (Å²) in [5, 5.41) is 21.6. The highest BCUT2D eigenvalue weighted by molar-refractivity contribution is 5.80. The van der Waals surface area contributed by atoms with Gasteiger partial charge in [0.15, 0.2) is 5.54 Å². The van der Waals surface area contributed by atoms with Gasteiger partial charge in [0, 0.05) is 5.56 Å². The van der Waals surface area contributed by atoms with E-state index in [1.807, 2.05) is 6.07 Å². The highest BCUT2D eigenvalue weighted by Crippen LogP contribution is 2.40. The van der Waals surface area contributed by atoms with Gasteiger partial charge < -0.3 is 20.3 Å². The summed E-state index contributed by atoms with van der Waals surface area (Å²) in [7, 11) is 1.65. The summed E-state index contributed by atoms with van der Waals surface area (Å²) in [6, 6.07) is 7.10. The van der Waals surface area contributed by atoms with E-state index in [1.165, 1.54) is 0 Å². The Hall–Kier alpha value is -1.59. The lowest BCUT2D eigenvalue weighted by atomic mass is 9.94. The van der Waals surface area contributed by atoms with Crippen LogP contribution in [0.2, 0.25) is 0 Å². The van der Waals surface area contributed by atoms with Crippen LogP contribution in [0.1, 0.15) is 18.4 Å². The number of aliphatic carboxylic acids is 1. The summed E-state index contributed by atoms with van der Waals surface area (Å²) in [6.45, 7) is -0.0697. The van der Waals surface area contributed by atoms with Gasteiger partial charge in [0.05, 0.1) is 6.61 Å². The van der Waals surface area contributed by atoms with Gasteiger partial charge in [0.25, 0.3) is 0 Å². The van der Waals surface area contributed by atoms with Crippen LogP contribution in [0.3, 0.4) is 0 Å². The topological polar surface area (TPSA) is 78.8 Å². The lowest BCUT2D eigenvalue weighted by Gasteiger charge is -2.29. The van der Waals surface area contributed by atoms with Crippen LogP contribution in [0.25, 0.3) is 0 Å². The average Bonchev–Trinajstić information content (AvgIpc) is 3.25. The summed E-state index contributed by atoms with van der Waals surface area (Å²) >= 11 is 0. The standard InChI is InChI=1S/C14H19NO4/c1-15-14(13(17)18,11-6-7-11)9-19-12-5-3-2-4-10(12)8-16/h2-5,11,15-16H,6-9H2,1H3,(H,17,18). The summed E-state index contributed by atoms with van der Waals surface area (Å²) in [6.07, 6.45) is 1.80. The fraction of sp³-hybridized carbons (Fsp3) is 0.500. The zero-order chi connectivity index (χ0) is 13.9. The molecule has 5 nitrogen and oxygen atoms in total. The number of benzene rings is 1. The first-order chi connectivity index (χ1) is 9.14. The van der Waals surface area contributed by atoms with Gasteiger partial charge in [0.2, 0.25) is 0 Å². The molecule has 5 heteroatoms. The van der Waals surface area contributed by atoms with Gasteiger partial charge in [-0.2, -0.15) is 0 Å². The number of aliphatic hydroxyl groups is 1. The molecule has 0 aliphatic heterocycles. The predicted molar refractivity (Wildman–Crippen MR) is 70.0 cm³/mol. The first-order valence-corrected chi connectivity index (χ1v) is 6.38. The van der Waals surface area contributed by atoms with Gasteiger partial charge in [-0.25, -0.2) is 0 Å². The molecule has 0 bridgehead atoms. The molecular weight excluding hydrogens is 246 g/mol. The van der Waals surface area contributed by atoms with Gasteiger partial charge in [-0.05, 0) is 31.9 Å². The second kappa shape index (κ2) is 5.59. The molecule has 0 heterocycles. The zero-order valence-electron chi connectivity index (χ0n) is 10.9. The third-order valence-corrected chi connectivity index (χ3v) is 3.70. The van der Waals surface area contributed by atoms with Gasteiger partial charge in [0.1, 0.15) is 12.4 Å². The molecule has 1 aromatic carbocycles. The van der Waals surface area contributed by atoms with Crippen LogP contribution in [0.4, 0.5) is 0 Å². The van der Waals surface area contributed by atoms with Crippen LogP contribution < -0.4 is 10.1 Å². The minimum atomic E-state index is -1.04. The molecule has 104 valence electrons. The van der Waals surface area contributed by atoms with Crippen LogP contribution >= 0.6 is 0 Å². The molecule has 0 radical (unpaired) electrons. The molecule has 19 heavy (non-hydrogen) atoms. The number of para-hydroxylation sites is 1. The first-order valence-electron chi connectivity index (χ1n) is 6.38. The predicted octanol–water partition coefficient (Wildman–Crippen LogP) is 1.01. The van der Waals surface area contributed by atoms with Gasteiger partial charge >= 0.3 is 5.97 Å². The minimum absolute atomic E-state index is 0.0561. The minimum Gasteiger partial charge on any atom is -0.491 e. The number of carboxylic acid groups (broad SMARTS) is 1. The zero-order valence-corrected chi connectivity index (χ0v) is 10.9. The van der Waals surface area contributed by atoms with Crippen molar-refractivity contribution in [3.8, 4) is 5.75 Å². The maximum atomic E-state index is 11.5. The van der Waals surface area contributed by atoms with Crippen molar-refractivity contribution in [2.24, 2.45) is 5.92 Å². The summed E-state index contributed by atoms with van der Waals surface area (Å²) in [5.41, 5.74) is -0.378. The van der Waals surface area contributed by atoms with E-state index in [0.29, 0.717) is 11.3 Å². The second-order valence-corrected chi connectivity index (χ2v) is 4.86. The Morgan fingerprint density at radius 2 is 2.16 bits per heavy atom. The number of rotatable bonds is 7. The molecule has 1 aliphatic rings. The number of likely N-dealkylation sites (N-methyl/N-ethyl adjacent to an activating group) is 1. The van der Waals surface area contributed by atoms with Crippen molar-refractivity contribution in [2.45, 2.75) is 25.0 Å². The van der Waals surface area contributed by atoms with Crippen LogP contribution in [0.5, 0.6) is 5.75 Å². The van der Waals surface area contributed by atoms with E-state index >= 15 is 0 Å². The number of aliphatic hydroxyl groups excluding tert-OH is 1. The van der Waals surface area contributed by atoms with Crippen molar-refractivity contribution in [1.82, 2.24) is 5.32 Å². The van der Waals surface area contributed by atoms with E-state index < -0.39 is 11.5 Å². The molecule has 2 rings (SSSR count). The molecule has 3 N–H and O–H groups in total. The molecule has 0 amide bonds. The third-order valence-electron chi connectivity index (χ3n) is 3.70. The maximum absolute atomic E-state index is 11.5. The Labute approximate surface area is 112 Å². The molecule has 1 fully saturated rings. The van der Waals surface area contributed by atoms with Crippen molar-refractivity contribution in [1.29, 1.82) is 0 Å². The van der Waals surface area contributed by atoms with Crippen molar-refractivity contribution < 1.29 is 19.7 Å². The number of carboxylic acids is 1. The molecule has 1 atom stereocenters. The number of hydrogen-bond donors (Lipinski definition) is 3. The second-order valence-electron chi connectivity index (χ2n) is 4.86. The largest absolute Gasteiger partial charge is 0.491 e. The average molecular weight is 265 g/mol. The Kier molecular flexibility index (Phi) is 4.07. The fourth-order valence-corrected chi connectivity index (χ4v) is 2.28. The van der Waals surface area contributed by atoms with E-state index in [1.54, 1.807) is 25.2 Å². The molecule has 1 unspecified atom stereocenters. The van der Waals surface area contributed by atoms with Crippen LogP contribution in [-0.2, 0) is 11.4 Å². The highest BCUT2D eigenvalue weighted by atomic mass is 16.5. The molecule has 0 saturated heterocycles. The Morgan fingerprint density at radius 1 is 1.47 bits per heavy atom. The molecule has 1 aliphatic carbocycles. The van der Waals surface area contributed by atoms with E-state index in [0.717, 1.165) is 12.8 Å². The number of nitrogens with one attached hydrogen (secondary N) is 1. The van der Waals surface area contributed by atoms with Crippen LogP contribution in [0.15, 0.2) is 24.3 Å². The monoisotopic (exact) mass is 265 g/mol. The Morgan fingerprint density at radius 3 is 2.68 bits per heavy atom. The van der Waals surface area contributed by atoms with Crippen molar-refractivity contribution in [3.63, 3.8) is 0 Å². The van der Waals surface area contributed by atoms with E-state index in [-0.39, 0.29) is 19.1 Å². The fourth-order valence-electron chi connectivity index (χ4n) is 2.28. The molecule has 1 aromatic rings. The Bertz CT molecular complexity index is 459. The van der Waals surface area contributed by atoms with Crippen LogP contribution in [-0.4, -0.2) is 35.4 Å². The highest BCUT2D eigenvalue weighted by Gasteiger charge is 2.51. The smallest absolute Gasteiger partial charge is 0.327 e. The summed E-state index contributed by atoms with van der Waals surface area (Å²) < 4.78 is 5.64. The Balaban J connectivity index is 2.13. The summed E-state index contributed by atoms with van der Waals surface area (Å²) in [5.74, 6) is -0.248. The number of carbonyl (C=O) groups is 1. The molecule has 0 aromatic heterocycles. The van der Waals surface area contributed by atoms with Crippen molar-refractivity contribution in [2.75, 3.05) is 13.7 Å². The molecule has 0 spiro atoms. The third kappa shape index (κ3) is 2.72. The number of ether oxygens (including phenoxy) is 1.